The Bertz CT molecular complexity index is 1710. The predicted molar refractivity (Wildman–Crippen MR) is 143 cm³/mol. The van der Waals surface area contributed by atoms with Gasteiger partial charge in [0.15, 0.2) is 5.76 Å². The lowest BCUT2D eigenvalue weighted by molar-refractivity contribution is -0.384. The van der Waals surface area contributed by atoms with E-state index in [1.165, 1.54) is 36.7 Å². The van der Waals surface area contributed by atoms with Gasteiger partial charge in [-0.2, -0.15) is 5.10 Å². The van der Waals surface area contributed by atoms with Crippen LogP contribution in [0.4, 0.5) is 11.4 Å². The van der Waals surface area contributed by atoms with Crippen LogP contribution in [0, 0.1) is 22.0 Å². The van der Waals surface area contributed by atoms with Crippen molar-refractivity contribution in [1.29, 1.82) is 0 Å². The fraction of sp³-hybridized carbons (Fsp3) is 0.133. The van der Waals surface area contributed by atoms with Crippen molar-refractivity contribution in [3.8, 4) is 0 Å². The van der Waals surface area contributed by atoms with Crippen LogP contribution in [0.25, 0.3) is 0 Å². The van der Waals surface area contributed by atoms with Gasteiger partial charge in [-0.1, -0.05) is 60.7 Å². The molecule has 4 aliphatic rings. The minimum atomic E-state index is -1.23. The summed E-state index contributed by atoms with van der Waals surface area (Å²) in [5, 5.41) is 16.2. The molecule has 3 amide bonds. The topological polar surface area (TPSA) is 135 Å². The van der Waals surface area contributed by atoms with Crippen molar-refractivity contribution < 1.29 is 23.7 Å². The van der Waals surface area contributed by atoms with Crippen LogP contribution in [0.5, 0.6) is 0 Å². The number of furan rings is 1. The van der Waals surface area contributed by atoms with Crippen molar-refractivity contribution in [1.82, 2.24) is 5.43 Å². The Morgan fingerprint density at radius 3 is 2.23 bits per heavy atom. The van der Waals surface area contributed by atoms with Gasteiger partial charge in [-0.25, -0.2) is 10.3 Å². The molecule has 1 fully saturated rings. The Balaban J connectivity index is 1.44. The van der Waals surface area contributed by atoms with Crippen molar-refractivity contribution in [3.05, 3.63) is 129 Å². The van der Waals surface area contributed by atoms with E-state index in [0.29, 0.717) is 0 Å². The Morgan fingerprint density at radius 2 is 1.57 bits per heavy atom. The lowest BCUT2D eigenvalue weighted by atomic mass is 9.47. The molecule has 196 valence electrons. The van der Waals surface area contributed by atoms with Crippen molar-refractivity contribution in [2.24, 2.45) is 16.9 Å². The van der Waals surface area contributed by atoms with E-state index in [1.54, 1.807) is 12.1 Å². The van der Waals surface area contributed by atoms with Gasteiger partial charge in [-0.05, 0) is 40.5 Å². The molecule has 2 bridgehead atoms. The molecule has 2 unspecified atom stereocenters. The predicted octanol–water partition coefficient (Wildman–Crippen LogP) is 4.15. The summed E-state index contributed by atoms with van der Waals surface area (Å²) >= 11 is 0. The second kappa shape index (κ2) is 8.57. The Kier molecular flexibility index (Phi) is 5.08. The van der Waals surface area contributed by atoms with Crippen molar-refractivity contribution in [2.75, 3.05) is 4.90 Å². The number of imide groups is 1. The van der Waals surface area contributed by atoms with Crippen LogP contribution in [-0.4, -0.2) is 28.9 Å². The molecule has 1 aromatic heterocycles. The number of hydrogen-bond donors (Lipinski definition) is 1. The second-order valence-corrected chi connectivity index (χ2v) is 9.96. The SMILES string of the molecule is O=C(N/N=C/C12c3ccccc3C(c3ccccc31)C1C(=O)N(c3ccccc3[N+](=O)[O-])C(=O)C12)c1ccco1. The number of carbonyl (C=O) groups excluding carboxylic acids is 3. The third kappa shape index (κ3) is 3.04. The quantitative estimate of drug-likeness (QED) is 0.178. The smallest absolute Gasteiger partial charge is 0.307 e. The normalized spacial score (nSPS) is 24.1. The fourth-order valence-corrected chi connectivity index (χ4v) is 6.75. The van der Waals surface area contributed by atoms with E-state index in [2.05, 4.69) is 10.5 Å². The van der Waals surface area contributed by atoms with Gasteiger partial charge in [0.05, 0.1) is 28.4 Å². The molecule has 8 rings (SSSR count). The molecule has 10 nitrogen and oxygen atoms in total. The first-order valence-electron chi connectivity index (χ1n) is 12.6. The molecule has 2 heterocycles. The van der Waals surface area contributed by atoms with Gasteiger partial charge < -0.3 is 4.42 Å². The van der Waals surface area contributed by atoms with Crippen LogP contribution < -0.4 is 10.3 Å². The maximum absolute atomic E-state index is 14.3. The fourth-order valence-electron chi connectivity index (χ4n) is 6.75. The summed E-state index contributed by atoms with van der Waals surface area (Å²) in [7, 11) is 0. The summed E-state index contributed by atoms with van der Waals surface area (Å²) in [6, 6.07) is 24.0. The van der Waals surface area contributed by atoms with Gasteiger partial charge in [-0.15, -0.1) is 0 Å². The number of anilines is 1. The molecule has 0 radical (unpaired) electrons. The number of benzene rings is 3. The molecule has 4 aromatic rings. The number of nitrogens with zero attached hydrogens (tertiary/aromatic N) is 3. The Hall–Kier alpha value is -5.38. The number of hydrazone groups is 1. The zero-order chi connectivity index (χ0) is 27.6. The molecule has 1 saturated heterocycles. The van der Waals surface area contributed by atoms with Crippen LogP contribution in [0.2, 0.25) is 0 Å². The first-order valence-corrected chi connectivity index (χ1v) is 12.6. The van der Waals surface area contributed by atoms with Crippen LogP contribution in [0.3, 0.4) is 0 Å². The summed E-state index contributed by atoms with van der Waals surface area (Å²) < 4.78 is 5.16. The van der Waals surface area contributed by atoms with Gasteiger partial charge in [0.1, 0.15) is 5.69 Å². The molecule has 0 spiro atoms. The highest BCUT2D eigenvalue weighted by Gasteiger charge is 2.68. The van der Waals surface area contributed by atoms with E-state index in [4.69, 9.17) is 4.42 Å². The molecule has 1 aliphatic heterocycles. The minimum Gasteiger partial charge on any atom is -0.459 e. The average Bonchev–Trinajstić information content (AvgIpc) is 3.61. The van der Waals surface area contributed by atoms with E-state index < -0.39 is 45.8 Å². The number of nitro groups is 1. The van der Waals surface area contributed by atoms with Crippen LogP contribution in [-0.2, 0) is 15.0 Å². The largest absolute Gasteiger partial charge is 0.459 e. The molecular formula is C30H20N4O6. The number of carbonyl (C=O) groups is 3. The summed E-state index contributed by atoms with van der Waals surface area (Å²) in [6.45, 7) is 0. The molecule has 10 heteroatoms. The average molecular weight is 533 g/mol. The number of para-hydroxylation sites is 2. The summed E-state index contributed by atoms with van der Waals surface area (Å²) in [6.07, 6.45) is 2.89. The zero-order valence-corrected chi connectivity index (χ0v) is 20.8. The van der Waals surface area contributed by atoms with Crippen LogP contribution in [0.15, 0.2) is 101 Å². The lowest BCUT2D eigenvalue weighted by Crippen LogP contribution is -2.54. The van der Waals surface area contributed by atoms with Crippen molar-refractivity contribution in [3.63, 3.8) is 0 Å². The van der Waals surface area contributed by atoms with E-state index >= 15 is 0 Å². The van der Waals surface area contributed by atoms with E-state index in [9.17, 15) is 24.5 Å². The van der Waals surface area contributed by atoms with Gasteiger partial charge in [0.2, 0.25) is 11.8 Å². The molecule has 40 heavy (non-hydrogen) atoms. The second-order valence-electron chi connectivity index (χ2n) is 9.96. The Morgan fingerprint density at radius 1 is 0.925 bits per heavy atom. The number of hydrogen-bond acceptors (Lipinski definition) is 7. The standard InChI is InChI=1S/C30H20N4O6/c35-27(23-14-7-15-40-23)32-31-16-30-19-10-3-1-8-17(19)24(18-9-2-4-11-20(18)30)25-26(30)29(37)33(28(25)36)21-12-5-6-13-22(21)34(38)39/h1-16,24-26H,(H,32,35)/b31-16+. The number of amides is 3. The monoisotopic (exact) mass is 532 g/mol. The van der Waals surface area contributed by atoms with E-state index in [1.807, 2.05) is 48.5 Å². The van der Waals surface area contributed by atoms with E-state index in [-0.39, 0.29) is 17.1 Å². The number of nitrogens with one attached hydrogen (secondary N) is 1. The van der Waals surface area contributed by atoms with E-state index in [0.717, 1.165) is 27.2 Å². The van der Waals surface area contributed by atoms with Gasteiger partial charge >= 0.3 is 5.91 Å². The van der Waals surface area contributed by atoms with Crippen molar-refractivity contribution >= 4 is 35.3 Å². The van der Waals surface area contributed by atoms with Gasteiger partial charge in [-0.3, -0.25) is 24.5 Å². The highest BCUT2D eigenvalue weighted by atomic mass is 16.6. The van der Waals surface area contributed by atoms with Crippen molar-refractivity contribution in [2.45, 2.75) is 11.3 Å². The zero-order valence-electron chi connectivity index (χ0n) is 20.8. The summed E-state index contributed by atoms with van der Waals surface area (Å²) in [4.78, 5) is 53.3. The number of nitro benzene ring substituents is 1. The third-order valence-corrected chi connectivity index (χ3v) is 8.18. The maximum atomic E-state index is 14.3. The lowest BCUT2D eigenvalue weighted by Gasteiger charge is -2.52. The van der Waals surface area contributed by atoms with Crippen LogP contribution in [0.1, 0.15) is 38.7 Å². The molecular weight excluding hydrogens is 512 g/mol. The minimum absolute atomic E-state index is 0.0651. The Labute approximate surface area is 227 Å². The first kappa shape index (κ1) is 23.7. The van der Waals surface area contributed by atoms with Gasteiger partial charge in [0, 0.05) is 18.2 Å². The van der Waals surface area contributed by atoms with Crippen LogP contribution >= 0.6 is 0 Å². The maximum Gasteiger partial charge on any atom is 0.307 e. The summed E-state index contributed by atoms with van der Waals surface area (Å²) in [5.74, 6) is -3.78. The van der Waals surface area contributed by atoms with Gasteiger partial charge in [0.25, 0.3) is 5.69 Å². The number of rotatable bonds is 5. The molecule has 0 saturated carbocycles. The molecule has 2 atom stereocenters. The molecule has 3 aliphatic carbocycles. The first-order chi connectivity index (χ1) is 19.4. The molecule has 3 aromatic carbocycles. The molecule has 1 N–H and O–H groups in total. The summed E-state index contributed by atoms with van der Waals surface area (Å²) in [5.41, 5.74) is 4.18. The highest BCUT2D eigenvalue weighted by Crippen LogP contribution is 2.63. The highest BCUT2D eigenvalue weighted by molar-refractivity contribution is 6.25. The third-order valence-electron chi connectivity index (χ3n) is 8.18.